The zero-order valence-corrected chi connectivity index (χ0v) is 14.9. The van der Waals surface area contributed by atoms with Gasteiger partial charge >= 0.3 is 0 Å². The molecule has 3 aromatic rings. The molecule has 0 bridgehead atoms. The van der Waals surface area contributed by atoms with Crippen LogP contribution in [-0.2, 0) is 0 Å². The number of nitro groups is 1. The zero-order chi connectivity index (χ0) is 19.8. The number of amides is 2. The highest BCUT2D eigenvalue weighted by Crippen LogP contribution is 2.33. The van der Waals surface area contributed by atoms with Crippen LogP contribution in [0.5, 0.6) is 11.5 Å². The highest BCUT2D eigenvalue weighted by atomic mass is 35.5. The van der Waals surface area contributed by atoms with E-state index in [4.69, 9.17) is 16.3 Å². The van der Waals surface area contributed by atoms with Crippen molar-refractivity contribution in [3.63, 3.8) is 0 Å². The summed E-state index contributed by atoms with van der Waals surface area (Å²) in [6, 6.07) is 16.6. The molecule has 0 aromatic heterocycles. The lowest BCUT2D eigenvalue weighted by atomic mass is 10.1. The number of nitro benzene ring substituents is 1. The molecule has 4 rings (SSSR count). The average molecular weight is 395 g/mol. The van der Waals surface area contributed by atoms with Gasteiger partial charge in [-0.3, -0.25) is 19.7 Å². The fraction of sp³-hybridized carbons (Fsp3) is 0. The number of ether oxygens (including phenoxy) is 1. The molecule has 0 fully saturated rings. The van der Waals surface area contributed by atoms with Gasteiger partial charge in [0.05, 0.1) is 27.8 Å². The zero-order valence-electron chi connectivity index (χ0n) is 14.2. The Hall–Kier alpha value is -3.71. The second-order valence-electron chi connectivity index (χ2n) is 5.99. The summed E-state index contributed by atoms with van der Waals surface area (Å²) in [5, 5.41) is 11.3. The summed E-state index contributed by atoms with van der Waals surface area (Å²) in [5.41, 5.74) is 0.696. The molecule has 0 unspecified atom stereocenters. The number of hydrogen-bond donors (Lipinski definition) is 0. The molecule has 0 saturated heterocycles. The van der Waals surface area contributed by atoms with E-state index in [0.717, 1.165) is 4.90 Å². The standard InChI is InChI=1S/C20H11ClN2O5/c21-12-3-1-4-13(9-12)22-19(24)17-8-7-16(11-18(17)20(22)25)28-15-6-2-5-14(10-15)23(26)27/h1-11H. The van der Waals surface area contributed by atoms with Crippen molar-refractivity contribution in [2.45, 2.75) is 0 Å². The van der Waals surface area contributed by atoms with E-state index >= 15 is 0 Å². The molecule has 28 heavy (non-hydrogen) atoms. The molecule has 1 aliphatic heterocycles. The third-order valence-electron chi connectivity index (χ3n) is 4.19. The molecule has 0 atom stereocenters. The summed E-state index contributed by atoms with van der Waals surface area (Å²) in [6.07, 6.45) is 0. The molecular weight excluding hydrogens is 384 g/mol. The third kappa shape index (κ3) is 3.08. The molecule has 0 radical (unpaired) electrons. The maximum Gasteiger partial charge on any atom is 0.273 e. The summed E-state index contributed by atoms with van der Waals surface area (Å²) in [4.78, 5) is 36.8. The van der Waals surface area contributed by atoms with Crippen LogP contribution in [0, 0.1) is 10.1 Å². The van der Waals surface area contributed by atoms with Gasteiger partial charge in [0.15, 0.2) is 0 Å². The lowest BCUT2D eigenvalue weighted by Crippen LogP contribution is -2.29. The molecule has 0 spiro atoms. The average Bonchev–Trinajstić information content (AvgIpc) is 2.92. The topological polar surface area (TPSA) is 89.7 Å². The van der Waals surface area contributed by atoms with E-state index in [0.29, 0.717) is 10.7 Å². The van der Waals surface area contributed by atoms with Crippen LogP contribution in [0.4, 0.5) is 11.4 Å². The summed E-state index contributed by atoms with van der Waals surface area (Å²) >= 11 is 5.96. The molecule has 2 amide bonds. The highest BCUT2D eigenvalue weighted by Gasteiger charge is 2.37. The molecule has 1 heterocycles. The number of non-ortho nitro benzene ring substituents is 1. The molecular formula is C20H11ClN2O5. The molecule has 3 aromatic carbocycles. The summed E-state index contributed by atoms with van der Waals surface area (Å²) < 4.78 is 5.63. The first-order valence-electron chi connectivity index (χ1n) is 8.15. The second kappa shape index (κ2) is 6.79. The highest BCUT2D eigenvalue weighted by molar-refractivity contribution is 6.35. The van der Waals surface area contributed by atoms with E-state index in [1.807, 2.05) is 0 Å². The monoisotopic (exact) mass is 394 g/mol. The van der Waals surface area contributed by atoms with Gasteiger partial charge in [0.25, 0.3) is 17.5 Å². The summed E-state index contributed by atoms with van der Waals surface area (Å²) in [6.45, 7) is 0. The van der Waals surface area contributed by atoms with Crippen LogP contribution < -0.4 is 9.64 Å². The van der Waals surface area contributed by atoms with Crippen LogP contribution in [0.1, 0.15) is 20.7 Å². The SMILES string of the molecule is O=C1c2ccc(Oc3cccc([N+](=O)[O-])c3)cc2C(=O)N1c1cccc(Cl)c1. The van der Waals surface area contributed by atoms with E-state index in [-0.39, 0.29) is 28.3 Å². The Bertz CT molecular complexity index is 1140. The number of hydrogen-bond acceptors (Lipinski definition) is 5. The predicted molar refractivity (Wildman–Crippen MR) is 102 cm³/mol. The molecule has 1 aliphatic rings. The Labute approximate surface area is 163 Å². The van der Waals surface area contributed by atoms with Gasteiger partial charge in [0, 0.05) is 11.1 Å². The van der Waals surface area contributed by atoms with Crippen molar-refractivity contribution in [1.82, 2.24) is 0 Å². The number of benzene rings is 3. The molecule has 138 valence electrons. The van der Waals surface area contributed by atoms with E-state index in [1.165, 1.54) is 42.5 Å². The van der Waals surface area contributed by atoms with Crippen molar-refractivity contribution < 1.29 is 19.2 Å². The van der Waals surface area contributed by atoms with Gasteiger partial charge in [0.2, 0.25) is 0 Å². The number of anilines is 1. The minimum Gasteiger partial charge on any atom is -0.457 e. The van der Waals surface area contributed by atoms with Crippen LogP contribution in [0.3, 0.4) is 0 Å². The number of imide groups is 1. The molecule has 0 N–H and O–H groups in total. The summed E-state index contributed by atoms with van der Waals surface area (Å²) in [5.74, 6) is -0.415. The van der Waals surface area contributed by atoms with E-state index in [9.17, 15) is 19.7 Å². The number of fused-ring (bicyclic) bond motifs is 1. The Morgan fingerprint density at radius 2 is 1.57 bits per heavy atom. The van der Waals surface area contributed by atoms with Crippen molar-refractivity contribution in [3.8, 4) is 11.5 Å². The molecule has 7 nitrogen and oxygen atoms in total. The van der Waals surface area contributed by atoms with Gasteiger partial charge in [-0.05, 0) is 42.5 Å². The van der Waals surface area contributed by atoms with Crippen LogP contribution >= 0.6 is 11.6 Å². The van der Waals surface area contributed by atoms with Gasteiger partial charge in [0.1, 0.15) is 11.5 Å². The van der Waals surface area contributed by atoms with E-state index in [2.05, 4.69) is 0 Å². The third-order valence-corrected chi connectivity index (χ3v) is 4.42. The van der Waals surface area contributed by atoms with Crippen LogP contribution in [0.2, 0.25) is 5.02 Å². The maximum absolute atomic E-state index is 12.8. The lowest BCUT2D eigenvalue weighted by molar-refractivity contribution is -0.384. The van der Waals surface area contributed by atoms with E-state index < -0.39 is 16.7 Å². The molecule has 0 aliphatic carbocycles. The summed E-state index contributed by atoms with van der Waals surface area (Å²) in [7, 11) is 0. The van der Waals surface area contributed by atoms with Crippen LogP contribution in [0.15, 0.2) is 66.7 Å². The second-order valence-corrected chi connectivity index (χ2v) is 6.43. The molecule has 8 heteroatoms. The van der Waals surface area contributed by atoms with E-state index in [1.54, 1.807) is 24.3 Å². The molecule has 0 saturated carbocycles. The van der Waals surface area contributed by atoms with Crippen molar-refractivity contribution in [3.05, 3.63) is 93.0 Å². The fourth-order valence-corrected chi connectivity index (χ4v) is 3.11. The number of halogens is 1. The minimum atomic E-state index is -0.527. The Morgan fingerprint density at radius 3 is 2.32 bits per heavy atom. The van der Waals surface area contributed by atoms with Crippen molar-refractivity contribution in [2.24, 2.45) is 0 Å². The van der Waals surface area contributed by atoms with Gasteiger partial charge in [-0.25, -0.2) is 4.90 Å². The smallest absolute Gasteiger partial charge is 0.273 e. The maximum atomic E-state index is 12.8. The quantitative estimate of drug-likeness (QED) is 0.359. The first-order chi connectivity index (χ1) is 13.4. The van der Waals surface area contributed by atoms with Crippen molar-refractivity contribution >= 4 is 34.8 Å². The van der Waals surface area contributed by atoms with Crippen LogP contribution in [-0.4, -0.2) is 16.7 Å². The number of carbonyl (C=O) groups excluding carboxylic acids is 2. The number of nitrogens with zero attached hydrogens (tertiary/aromatic N) is 2. The van der Waals surface area contributed by atoms with Gasteiger partial charge in [-0.2, -0.15) is 0 Å². The first-order valence-corrected chi connectivity index (χ1v) is 8.52. The largest absolute Gasteiger partial charge is 0.457 e. The van der Waals surface area contributed by atoms with Crippen molar-refractivity contribution in [2.75, 3.05) is 4.90 Å². The van der Waals surface area contributed by atoms with Gasteiger partial charge in [-0.15, -0.1) is 0 Å². The Morgan fingerprint density at radius 1 is 0.857 bits per heavy atom. The van der Waals surface area contributed by atoms with Crippen LogP contribution in [0.25, 0.3) is 0 Å². The fourth-order valence-electron chi connectivity index (χ4n) is 2.93. The van der Waals surface area contributed by atoms with Gasteiger partial charge < -0.3 is 4.74 Å². The predicted octanol–water partition coefficient (Wildman–Crippen LogP) is 4.84. The Balaban J connectivity index is 1.66. The number of rotatable bonds is 4. The normalized spacial score (nSPS) is 12.8. The Kier molecular flexibility index (Phi) is 4.29. The van der Waals surface area contributed by atoms with Gasteiger partial charge in [-0.1, -0.05) is 23.7 Å². The first kappa shape index (κ1) is 17.7. The lowest BCUT2D eigenvalue weighted by Gasteiger charge is -2.13. The number of carbonyl (C=O) groups is 2. The minimum absolute atomic E-state index is 0.114. The van der Waals surface area contributed by atoms with Crippen molar-refractivity contribution in [1.29, 1.82) is 0 Å².